The van der Waals surface area contributed by atoms with E-state index >= 15 is 0 Å². The summed E-state index contributed by atoms with van der Waals surface area (Å²) in [6, 6.07) is 0. The van der Waals surface area contributed by atoms with Gasteiger partial charge in [-0.15, -0.1) is 0 Å². The minimum Gasteiger partial charge on any atom is -0.481 e. The third-order valence-corrected chi connectivity index (χ3v) is 2.79. The number of aliphatic hydroxyl groups is 1. The van der Waals surface area contributed by atoms with Crippen LogP contribution in [0.15, 0.2) is 11.6 Å². The molecule has 0 spiro atoms. The van der Waals surface area contributed by atoms with Gasteiger partial charge in [0, 0.05) is 0 Å². The van der Waals surface area contributed by atoms with Crippen molar-refractivity contribution in [3.63, 3.8) is 0 Å². The van der Waals surface area contributed by atoms with Gasteiger partial charge in [-0.3, -0.25) is 4.79 Å². The van der Waals surface area contributed by atoms with Gasteiger partial charge in [0.2, 0.25) is 0 Å². The molecule has 0 saturated carbocycles. The highest BCUT2D eigenvalue weighted by Crippen LogP contribution is 2.33. The zero-order valence-corrected chi connectivity index (χ0v) is 7.92. The van der Waals surface area contributed by atoms with E-state index in [4.69, 9.17) is 10.2 Å². The molecule has 0 saturated heterocycles. The maximum absolute atomic E-state index is 11.0. The summed E-state index contributed by atoms with van der Waals surface area (Å²) in [7, 11) is 0. The molecule has 0 heterocycles. The molecule has 1 atom stereocenters. The Morgan fingerprint density at radius 3 is 2.69 bits per heavy atom. The van der Waals surface area contributed by atoms with Gasteiger partial charge < -0.3 is 10.2 Å². The molecule has 1 aliphatic rings. The van der Waals surface area contributed by atoms with Crippen LogP contribution in [0.5, 0.6) is 0 Å². The van der Waals surface area contributed by atoms with Crippen molar-refractivity contribution in [2.75, 3.05) is 6.61 Å². The third kappa shape index (κ3) is 1.91. The highest BCUT2D eigenvalue weighted by molar-refractivity contribution is 5.78. The number of carboxylic acids is 1. The first-order chi connectivity index (χ1) is 6.11. The van der Waals surface area contributed by atoms with Crippen LogP contribution in [0.2, 0.25) is 0 Å². The van der Waals surface area contributed by atoms with Crippen LogP contribution in [0.1, 0.15) is 32.6 Å². The van der Waals surface area contributed by atoms with Gasteiger partial charge in [-0.25, -0.2) is 0 Å². The molecule has 0 radical (unpaired) electrons. The molecule has 2 N–H and O–H groups in total. The minimum absolute atomic E-state index is 0.311. The van der Waals surface area contributed by atoms with Crippen molar-refractivity contribution in [3.05, 3.63) is 11.6 Å². The van der Waals surface area contributed by atoms with Crippen molar-refractivity contribution in [2.45, 2.75) is 32.6 Å². The number of hydrogen-bond acceptors (Lipinski definition) is 2. The van der Waals surface area contributed by atoms with E-state index in [0.717, 1.165) is 31.3 Å². The van der Waals surface area contributed by atoms with Crippen molar-refractivity contribution in [3.8, 4) is 0 Å². The summed E-state index contributed by atoms with van der Waals surface area (Å²) in [6.45, 7) is 1.28. The minimum atomic E-state index is -1.06. The average Bonchev–Trinajstić information content (AvgIpc) is 2.17. The first kappa shape index (κ1) is 10.3. The number of allylic oxidation sites excluding steroid dienone is 1. The molecule has 0 unspecified atom stereocenters. The predicted octanol–water partition coefficient (Wildman–Crippen LogP) is 1.57. The molecule has 0 bridgehead atoms. The Hall–Kier alpha value is -0.830. The van der Waals surface area contributed by atoms with E-state index in [1.807, 2.05) is 6.08 Å². The molecule has 0 aromatic heterocycles. The highest BCUT2D eigenvalue weighted by atomic mass is 16.4. The van der Waals surface area contributed by atoms with Crippen molar-refractivity contribution in [1.29, 1.82) is 0 Å². The van der Waals surface area contributed by atoms with Gasteiger partial charge in [-0.1, -0.05) is 11.6 Å². The van der Waals surface area contributed by atoms with Gasteiger partial charge in [0.05, 0.1) is 6.61 Å². The number of aliphatic hydroxyl groups excluding tert-OH is 1. The maximum Gasteiger partial charge on any atom is 0.315 e. The van der Waals surface area contributed by atoms with Crippen LogP contribution in [-0.2, 0) is 4.79 Å². The lowest BCUT2D eigenvalue weighted by atomic mass is 9.77. The second-order valence-electron chi connectivity index (χ2n) is 3.77. The van der Waals surface area contributed by atoms with Gasteiger partial charge in [0.1, 0.15) is 5.41 Å². The zero-order valence-electron chi connectivity index (χ0n) is 7.92. The maximum atomic E-state index is 11.0. The van der Waals surface area contributed by atoms with Crippen LogP contribution >= 0.6 is 0 Å². The second-order valence-corrected chi connectivity index (χ2v) is 3.77. The lowest BCUT2D eigenvalue weighted by Crippen LogP contribution is -2.34. The van der Waals surface area contributed by atoms with E-state index in [2.05, 4.69) is 0 Å². The molecule has 0 fully saturated rings. The highest BCUT2D eigenvalue weighted by Gasteiger charge is 2.36. The van der Waals surface area contributed by atoms with E-state index in [9.17, 15) is 4.79 Å². The fraction of sp³-hybridized carbons (Fsp3) is 0.700. The summed E-state index contributed by atoms with van der Waals surface area (Å²) in [5, 5.41) is 18.1. The average molecular weight is 184 g/mol. The number of hydrogen-bond donors (Lipinski definition) is 2. The van der Waals surface area contributed by atoms with Crippen molar-refractivity contribution in [2.24, 2.45) is 5.41 Å². The summed E-state index contributed by atoms with van der Waals surface area (Å²) in [5.74, 6) is -0.928. The van der Waals surface area contributed by atoms with E-state index < -0.39 is 11.4 Å². The normalized spacial score (nSPS) is 21.8. The molecular weight excluding hydrogens is 168 g/mol. The fourth-order valence-corrected chi connectivity index (χ4v) is 1.65. The number of carbonyl (C=O) groups is 1. The molecule has 3 heteroatoms. The largest absolute Gasteiger partial charge is 0.481 e. The number of rotatable bonds is 3. The molecule has 0 amide bonds. The van der Waals surface area contributed by atoms with E-state index in [0.29, 0.717) is 0 Å². The Morgan fingerprint density at radius 1 is 1.62 bits per heavy atom. The van der Waals surface area contributed by atoms with Gasteiger partial charge in [0.25, 0.3) is 0 Å². The number of carboxylic acid groups (broad SMARTS) is 1. The van der Waals surface area contributed by atoms with Crippen molar-refractivity contribution >= 4 is 5.97 Å². The Bertz CT molecular complexity index is 232. The monoisotopic (exact) mass is 184 g/mol. The van der Waals surface area contributed by atoms with Gasteiger partial charge in [-0.05, 0) is 32.6 Å². The third-order valence-electron chi connectivity index (χ3n) is 2.79. The van der Waals surface area contributed by atoms with Gasteiger partial charge >= 0.3 is 5.97 Å². The summed E-state index contributed by atoms with van der Waals surface area (Å²) >= 11 is 0. The smallest absolute Gasteiger partial charge is 0.315 e. The van der Waals surface area contributed by atoms with E-state index in [1.54, 1.807) is 6.92 Å². The lowest BCUT2D eigenvalue weighted by molar-refractivity contribution is -0.147. The van der Waals surface area contributed by atoms with Crippen LogP contribution in [0, 0.1) is 5.41 Å². The fourth-order valence-electron chi connectivity index (χ4n) is 1.65. The van der Waals surface area contributed by atoms with E-state index in [1.165, 1.54) is 0 Å². The Morgan fingerprint density at radius 2 is 2.31 bits per heavy atom. The Kier molecular flexibility index (Phi) is 3.09. The van der Waals surface area contributed by atoms with Gasteiger partial charge in [0.15, 0.2) is 0 Å². The molecule has 13 heavy (non-hydrogen) atoms. The van der Waals surface area contributed by atoms with Crippen LogP contribution in [0.3, 0.4) is 0 Å². The number of aliphatic carboxylic acids is 1. The van der Waals surface area contributed by atoms with E-state index in [-0.39, 0.29) is 6.61 Å². The molecule has 74 valence electrons. The van der Waals surface area contributed by atoms with Crippen molar-refractivity contribution < 1.29 is 15.0 Å². The standard InChI is InChI=1S/C10H16O3/c1-10(7-11,9(12)13)8-5-3-2-4-6-8/h5,11H,2-4,6-7H2,1H3,(H,12,13)/t10-/m1/s1. The van der Waals surface area contributed by atoms with Crippen LogP contribution < -0.4 is 0 Å². The van der Waals surface area contributed by atoms with Crippen molar-refractivity contribution in [1.82, 2.24) is 0 Å². The zero-order chi connectivity index (χ0) is 9.90. The summed E-state index contributed by atoms with van der Waals surface area (Å²) in [6.07, 6.45) is 5.88. The Balaban J connectivity index is 2.87. The Labute approximate surface area is 78.1 Å². The quantitative estimate of drug-likeness (QED) is 0.654. The van der Waals surface area contributed by atoms with Crippen LogP contribution in [0.25, 0.3) is 0 Å². The first-order valence-electron chi connectivity index (χ1n) is 4.65. The topological polar surface area (TPSA) is 57.5 Å². The molecule has 1 rings (SSSR count). The molecule has 0 aromatic rings. The molecule has 0 aliphatic heterocycles. The van der Waals surface area contributed by atoms with Crippen LogP contribution in [0.4, 0.5) is 0 Å². The first-order valence-corrected chi connectivity index (χ1v) is 4.65. The molecule has 0 aromatic carbocycles. The molecular formula is C10H16O3. The van der Waals surface area contributed by atoms with Crippen LogP contribution in [-0.4, -0.2) is 22.8 Å². The molecule has 1 aliphatic carbocycles. The molecule has 3 nitrogen and oxygen atoms in total. The summed E-state index contributed by atoms with van der Waals surface area (Å²) in [4.78, 5) is 11.0. The SMILES string of the molecule is C[C@](CO)(C(=O)O)C1=CCCCC1. The summed E-state index contributed by atoms with van der Waals surface area (Å²) in [5.41, 5.74) is -0.172. The van der Waals surface area contributed by atoms with Gasteiger partial charge in [-0.2, -0.15) is 0 Å². The lowest BCUT2D eigenvalue weighted by Gasteiger charge is -2.28. The summed E-state index contributed by atoms with van der Waals surface area (Å²) < 4.78 is 0. The predicted molar refractivity (Wildman–Crippen MR) is 49.4 cm³/mol. The second kappa shape index (κ2) is 3.92.